The van der Waals surface area contributed by atoms with E-state index >= 15 is 0 Å². The summed E-state index contributed by atoms with van der Waals surface area (Å²) in [5.41, 5.74) is 2.11. The maximum atomic E-state index is 5.98. The predicted octanol–water partition coefficient (Wildman–Crippen LogP) is 4.62. The Hall–Kier alpha value is -1.39. The lowest BCUT2D eigenvalue weighted by atomic mass is 10.1. The average molecular weight is 335 g/mol. The Morgan fingerprint density at radius 3 is 2.75 bits per heavy atom. The minimum atomic E-state index is 0.238. The van der Waals surface area contributed by atoms with Crippen LogP contribution in [-0.4, -0.2) is 11.5 Å². The fraction of sp³-hybridized carbons (Fsp3) is 0.312. The number of ether oxygens (including phenoxy) is 1. The number of rotatable bonds is 5. The van der Waals surface area contributed by atoms with E-state index < -0.39 is 0 Å². The van der Waals surface area contributed by atoms with Gasteiger partial charge < -0.3 is 10.1 Å². The van der Waals surface area contributed by atoms with Crippen LogP contribution in [-0.2, 0) is 0 Å². The van der Waals surface area contributed by atoms with E-state index in [9.17, 15) is 0 Å². The van der Waals surface area contributed by atoms with Crippen LogP contribution in [0.3, 0.4) is 0 Å². The molecule has 0 bridgehead atoms. The molecule has 0 aliphatic heterocycles. The summed E-state index contributed by atoms with van der Waals surface area (Å²) in [5.74, 6) is 1.59. The third-order valence-electron chi connectivity index (χ3n) is 3.06. The maximum absolute atomic E-state index is 5.98. The normalized spacial score (nSPS) is 12.2. The maximum Gasteiger partial charge on any atom is 0.145 e. The largest absolute Gasteiger partial charge is 0.455 e. The topological polar surface area (TPSA) is 34.1 Å². The lowest BCUT2D eigenvalue weighted by Gasteiger charge is -2.17. The van der Waals surface area contributed by atoms with Crippen molar-refractivity contribution in [3.8, 4) is 11.5 Å². The first-order valence-corrected chi connectivity index (χ1v) is 7.52. The summed E-state index contributed by atoms with van der Waals surface area (Å²) in [7, 11) is 0. The lowest BCUT2D eigenvalue weighted by Crippen LogP contribution is -2.18. The molecule has 0 radical (unpaired) electrons. The molecule has 1 unspecified atom stereocenters. The second-order valence-electron chi connectivity index (χ2n) is 4.70. The molecule has 1 atom stereocenters. The van der Waals surface area contributed by atoms with Crippen LogP contribution in [0.4, 0.5) is 0 Å². The number of pyridine rings is 1. The standard InChI is InChI=1S/C16H19BrN2O/c1-4-18-12(3)15-8-6-13(17)9-16(15)20-14-7-5-11(2)19-10-14/h5-10,12,18H,4H2,1-3H3. The highest BCUT2D eigenvalue weighted by Crippen LogP contribution is 2.32. The first kappa shape index (κ1) is 15.0. The van der Waals surface area contributed by atoms with Crippen molar-refractivity contribution in [1.82, 2.24) is 10.3 Å². The first-order valence-electron chi connectivity index (χ1n) is 6.73. The van der Waals surface area contributed by atoms with Crippen LogP contribution < -0.4 is 10.1 Å². The van der Waals surface area contributed by atoms with E-state index in [1.807, 2.05) is 31.2 Å². The van der Waals surface area contributed by atoms with Crippen molar-refractivity contribution in [1.29, 1.82) is 0 Å². The van der Waals surface area contributed by atoms with Crippen LogP contribution in [0.25, 0.3) is 0 Å². The SMILES string of the molecule is CCNC(C)c1ccc(Br)cc1Oc1ccc(C)nc1. The van der Waals surface area contributed by atoms with Gasteiger partial charge in [-0.2, -0.15) is 0 Å². The second-order valence-corrected chi connectivity index (χ2v) is 5.61. The number of nitrogens with one attached hydrogen (secondary N) is 1. The molecule has 106 valence electrons. The zero-order valence-electron chi connectivity index (χ0n) is 12.0. The molecule has 0 saturated heterocycles. The first-order chi connectivity index (χ1) is 9.60. The van der Waals surface area contributed by atoms with Gasteiger partial charge in [-0.1, -0.05) is 28.9 Å². The molecule has 20 heavy (non-hydrogen) atoms. The molecule has 0 fully saturated rings. The molecule has 1 heterocycles. The van der Waals surface area contributed by atoms with Crippen LogP contribution in [0, 0.1) is 6.92 Å². The molecule has 1 N–H and O–H groups in total. The Labute approximate surface area is 128 Å². The van der Waals surface area contributed by atoms with E-state index in [-0.39, 0.29) is 6.04 Å². The van der Waals surface area contributed by atoms with Gasteiger partial charge in [0.2, 0.25) is 0 Å². The summed E-state index contributed by atoms with van der Waals surface area (Å²) in [6.45, 7) is 7.11. The van der Waals surface area contributed by atoms with Crippen LogP contribution in [0.1, 0.15) is 31.1 Å². The highest BCUT2D eigenvalue weighted by atomic mass is 79.9. The summed E-state index contributed by atoms with van der Waals surface area (Å²) in [5, 5.41) is 3.41. The van der Waals surface area contributed by atoms with Crippen LogP contribution in [0.2, 0.25) is 0 Å². The van der Waals surface area contributed by atoms with Gasteiger partial charge in [-0.15, -0.1) is 0 Å². The number of benzene rings is 1. The van der Waals surface area contributed by atoms with E-state index in [0.717, 1.165) is 33.8 Å². The molecule has 0 saturated carbocycles. The zero-order valence-corrected chi connectivity index (χ0v) is 13.6. The van der Waals surface area contributed by atoms with Gasteiger partial charge >= 0.3 is 0 Å². The van der Waals surface area contributed by atoms with Crippen molar-refractivity contribution in [3.63, 3.8) is 0 Å². The molecule has 3 nitrogen and oxygen atoms in total. The predicted molar refractivity (Wildman–Crippen MR) is 85.3 cm³/mol. The van der Waals surface area contributed by atoms with Crippen molar-refractivity contribution in [3.05, 3.63) is 52.3 Å². The highest BCUT2D eigenvalue weighted by molar-refractivity contribution is 9.10. The van der Waals surface area contributed by atoms with E-state index in [4.69, 9.17) is 4.74 Å². The molecule has 4 heteroatoms. The van der Waals surface area contributed by atoms with Crippen molar-refractivity contribution in [2.24, 2.45) is 0 Å². The zero-order chi connectivity index (χ0) is 14.5. The number of hydrogen-bond donors (Lipinski definition) is 1. The van der Waals surface area contributed by atoms with E-state index in [0.29, 0.717) is 0 Å². The van der Waals surface area contributed by atoms with Crippen LogP contribution in [0.5, 0.6) is 11.5 Å². The van der Waals surface area contributed by atoms with E-state index in [1.165, 1.54) is 0 Å². The van der Waals surface area contributed by atoms with Gasteiger partial charge in [-0.3, -0.25) is 4.98 Å². The molecule has 2 rings (SSSR count). The van der Waals surface area contributed by atoms with Gasteiger partial charge in [0, 0.05) is 21.8 Å². The fourth-order valence-corrected chi connectivity index (χ4v) is 2.35. The second kappa shape index (κ2) is 6.86. The minimum absolute atomic E-state index is 0.238. The van der Waals surface area contributed by atoms with E-state index in [1.54, 1.807) is 6.20 Å². The summed E-state index contributed by atoms with van der Waals surface area (Å²) >= 11 is 3.49. The monoisotopic (exact) mass is 334 g/mol. The molecule has 0 aliphatic carbocycles. The van der Waals surface area contributed by atoms with Gasteiger partial charge in [0.1, 0.15) is 11.5 Å². The summed E-state index contributed by atoms with van der Waals surface area (Å²) in [4.78, 5) is 4.26. The Morgan fingerprint density at radius 1 is 1.30 bits per heavy atom. The smallest absolute Gasteiger partial charge is 0.145 e. The molecule has 0 spiro atoms. The van der Waals surface area contributed by atoms with Crippen molar-refractivity contribution in [2.45, 2.75) is 26.8 Å². The lowest BCUT2D eigenvalue weighted by molar-refractivity contribution is 0.460. The van der Waals surface area contributed by atoms with Crippen molar-refractivity contribution >= 4 is 15.9 Å². The van der Waals surface area contributed by atoms with Crippen molar-refractivity contribution < 1.29 is 4.74 Å². The Bertz CT molecular complexity index is 569. The van der Waals surface area contributed by atoms with E-state index in [2.05, 4.69) is 46.1 Å². The van der Waals surface area contributed by atoms with Crippen LogP contribution >= 0.6 is 15.9 Å². The number of hydrogen-bond acceptors (Lipinski definition) is 3. The summed E-state index contributed by atoms with van der Waals surface area (Å²) < 4.78 is 6.98. The van der Waals surface area contributed by atoms with Crippen LogP contribution in [0.15, 0.2) is 41.0 Å². The quantitative estimate of drug-likeness (QED) is 0.866. The van der Waals surface area contributed by atoms with Gasteiger partial charge in [-0.25, -0.2) is 0 Å². The highest BCUT2D eigenvalue weighted by Gasteiger charge is 2.12. The molecular formula is C16H19BrN2O. The molecule has 1 aromatic heterocycles. The Balaban J connectivity index is 2.29. The van der Waals surface area contributed by atoms with Gasteiger partial charge in [0.25, 0.3) is 0 Å². The minimum Gasteiger partial charge on any atom is -0.455 e. The molecular weight excluding hydrogens is 316 g/mol. The third kappa shape index (κ3) is 3.81. The Morgan fingerprint density at radius 2 is 2.10 bits per heavy atom. The molecule has 0 aliphatic rings. The van der Waals surface area contributed by atoms with Gasteiger partial charge in [0.05, 0.1) is 6.20 Å². The number of aromatic nitrogens is 1. The molecule has 0 amide bonds. The van der Waals surface area contributed by atoms with Gasteiger partial charge in [0.15, 0.2) is 0 Å². The number of halogens is 1. The number of aryl methyl sites for hydroxylation is 1. The van der Waals surface area contributed by atoms with Gasteiger partial charge in [-0.05, 0) is 44.7 Å². The van der Waals surface area contributed by atoms with Crippen molar-refractivity contribution in [2.75, 3.05) is 6.54 Å². The molecule has 1 aromatic carbocycles. The third-order valence-corrected chi connectivity index (χ3v) is 3.56. The molecule has 2 aromatic rings. The summed E-state index contributed by atoms with van der Waals surface area (Å²) in [6.07, 6.45) is 1.75. The fourth-order valence-electron chi connectivity index (χ4n) is 2.01. The average Bonchev–Trinajstić information content (AvgIpc) is 2.42. The summed E-state index contributed by atoms with van der Waals surface area (Å²) in [6, 6.07) is 10.2. The number of nitrogens with zero attached hydrogens (tertiary/aromatic N) is 1. The Kier molecular flexibility index (Phi) is 5.15.